The van der Waals surface area contributed by atoms with Gasteiger partial charge in [0.05, 0.1) is 10.6 Å². The molecule has 0 heterocycles. The molecule has 0 saturated carbocycles. The fourth-order valence-corrected chi connectivity index (χ4v) is 3.15. The predicted molar refractivity (Wildman–Crippen MR) is 52.3 cm³/mol. The third-order valence-electron chi connectivity index (χ3n) is 1.62. The van der Waals surface area contributed by atoms with Crippen LogP contribution in [0.3, 0.4) is 0 Å². The van der Waals surface area contributed by atoms with Gasteiger partial charge >= 0.3 is 29.6 Å². The SMILES string of the molecule is O=S([O-])CCS(=O)(=O)c1ccccc1.[Na+]. The van der Waals surface area contributed by atoms with Crippen LogP contribution in [-0.4, -0.2) is 28.7 Å². The van der Waals surface area contributed by atoms with Crippen molar-refractivity contribution in [2.45, 2.75) is 4.90 Å². The molecule has 4 nitrogen and oxygen atoms in total. The van der Waals surface area contributed by atoms with Gasteiger partial charge in [0.15, 0.2) is 9.84 Å². The minimum atomic E-state index is -3.45. The van der Waals surface area contributed by atoms with E-state index >= 15 is 0 Å². The zero-order valence-corrected chi connectivity index (χ0v) is 11.9. The molecule has 78 valence electrons. The number of benzene rings is 1. The van der Waals surface area contributed by atoms with E-state index in [1.54, 1.807) is 18.2 Å². The van der Waals surface area contributed by atoms with E-state index in [4.69, 9.17) is 0 Å². The van der Waals surface area contributed by atoms with Crippen LogP contribution >= 0.6 is 0 Å². The number of rotatable bonds is 4. The van der Waals surface area contributed by atoms with Gasteiger partial charge in [-0.1, -0.05) is 29.3 Å². The molecule has 0 radical (unpaired) electrons. The molecule has 0 fully saturated rings. The van der Waals surface area contributed by atoms with Crippen LogP contribution in [0.1, 0.15) is 0 Å². The molecule has 7 heteroatoms. The molecule has 0 aliphatic carbocycles. The first-order chi connectivity index (χ1) is 6.52. The van der Waals surface area contributed by atoms with Gasteiger partial charge in [0.25, 0.3) is 0 Å². The summed E-state index contributed by atoms with van der Waals surface area (Å²) in [6.45, 7) is 0. The summed E-state index contributed by atoms with van der Waals surface area (Å²) in [5.74, 6) is -0.732. The molecule has 1 aromatic carbocycles. The first-order valence-electron chi connectivity index (χ1n) is 3.86. The summed E-state index contributed by atoms with van der Waals surface area (Å²) in [5, 5.41) is 0. The maximum atomic E-state index is 11.5. The third kappa shape index (κ3) is 5.24. The van der Waals surface area contributed by atoms with Gasteiger partial charge in [0.1, 0.15) is 0 Å². The largest absolute Gasteiger partial charge is 1.00 e. The normalized spacial score (nSPS) is 12.9. The molecular weight excluding hydrogens is 247 g/mol. The fraction of sp³-hybridized carbons (Fsp3) is 0.250. The van der Waals surface area contributed by atoms with Gasteiger partial charge in [-0.2, -0.15) is 0 Å². The number of hydrogen-bond acceptors (Lipinski definition) is 4. The second-order valence-corrected chi connectivity index (χ2v) is 5.76. The van der Waals surface area contributed by atoms with E-state index in [1.807, 2.05) is 0 Å². The molecule has 0 bridgehead atoms. The molecule has 0 N–H and O–H groups in total. The zero-order valence-electron chi connectivity index (χ0n) is 8.25. The van der Waals surface area contributed by atoms with Crippen LogP contribution in [0.2, 0.25) is 0 Å². The van der Waals surface area contributed by atoms with Crippen LogP contribution in [0.15, 0.2) is 35.2 Å². The van der Waals surface area contributed by atoms with Crippen molar-refractivity contribution in [3.63, 3.8) is 0 Å². The van der Waals surface area contributed by atoms with E-state index < -0.39 is 20.9 Å². The van der Waals surface area contributed by atoms with Gasteiger partial charge in [0.2, 0.25) is 0 Å². The molecule has 15 heavy (non-hydrogen) atoms. The summed E-state index contributed by atoms with van der Waals surface area (Å²) in [7, 11) is -3.45. The van der Waals surface area contributed by atoms with Crippen molar-refractivity contribution in [1.82, 2.24) is 0 Å². The second-order valence-electron chi connectivity index (χ2n) is 2.64. The predicted octanol–water partition coefficient (Wildman–Crippen LogP) is -2.66. The summed E-state index contributed by atoms with van der Waals surface area (Å²) in [5.41, 5.74) is 0. The Morgan fingerprint density at radius 3 is 2.20 bits per heavy atom. The van der Waals surface area contributed by atoms with E-state index in [0.29, 0.717) is 0 Å². The van der Waals surface area contributed by atoms with Crippen molar-refractivity contribution in [1.29, 1.82) is 0 Å². The third-order valence-corrected chi connectivity index (χ3v) is 4.15. The Kier molecular flexibility index (Phi) is 6.90. The van der Waals surface area contributed by atoms with E-state index in [9.17, 15) is 17.2 Å². The number of hydrogen-bond donors (Lipinski definition) is 0. The van der Waals surface area contributed by atoms with Crippen molar-refractivity contribution in [2.24, 2.45) is 0 Å². The Balaban J connectivity index is 0.00000196. The molecule has 1 unspecified atom stereocenters. The average Bonchev–Trinajstić information content (AvgIpc) is 2.16. The van der Waals surface area contributed by atoms with Crippen LogP contribution in [0.25, 0.3) is 0 Å². The number of sulfone groups is 1. The smallest absolute Gasteiger partial charge is 0.772 e. The van der Waals surface area contributed by atoms with Crippen molar-refractivity contribution in [2.75, 3.05) is 11.5 Å². The van der Waals surface area contributed by atoms with Crippen LogP contribution in [0.5, 0.6) is 0 Å². The van der Waals surface area contributed by atoms with Gasteiger partial charge in [-0.25, -0.2) is 8.42 Å². The molecule has 0 aliphatic heterocycles. The maximum Gasteiger partial charge on any atom is 1.00 e. The van der Waals surface area contributed by atoms with E-state index in [1.165, 1.54) is 12.1 Å². The van der Waals surface area contributed by atoms with E-state index in [0.717, 1.165) is 0 Å². The topological polar surface area (TPSA) is 74.3 Å². The van der Waals surface area contributed by atoms with Crippen molar-refractivity contribution < 1.29 is 46.7 Å². The van der Waals surface area contributed by atoms with Gasteiger partial charge < -0.3 is 4.55 Å². The zero-order chi connectivity index (χ0) is 10.6. The molecule has 0 aliphatic rings. The molecule has 0 aromatic heterocycles. The van der Waals surface area contributed by atoms with Gasteiger partial charge in [-0.3, -0.25) is 4.21 Å². The van der Waals surface area contributed by atoms with Crippen molar-refractivity contribution in [3.05, 3.63) is 30.3 Å². The summed E-state index contributed by atoms with van der Waals surface area (Å²) < 4.78 is 43.4. The fourth-order valence-electron chi connectivity index (χ4n) is 0.923. The Hall–Kier alpha value is 0.280. The van der Waals surface area contributed by atoms with Gasteiger partial charge in [0, 0.05) is 5.75 Å². The molecular formula is C8H9NaO4S2. The Labute approximate surface area is 114 Å². The standard InChI is InChI=1S/C8H10O4S2.Na/c9-13(10)6-7-14(11,12)8-4-2-1-3-5-8;/h1-5H,6-7H2,(H,9,10);/q;+1/p-1. The molecule has 0 spiro atoms. The van der Waals surface area contributed by atoms with Crippen LogP contribution < -0.4 is 29.6 Å². The van der Waals surface area contributed by atoms with Crippen LogP contribution in [0.4, 0.5) is 0 Å². The van der Waals surface area contributed by atoms with Crippen molar-refractivity contribution in [3.8, 4) is 0 Å². The first-order valence-corrected chi connectivity index (χ1v) is 6.76. The van der Waals surface area contributed by atoms with Gasteiger partial charge in [-0.15, -0.1) is 0 Å². The summed E-state index contributed by atoms with van der Waals surface area (Å²) >= 11 is -2.31. The van der Waals surface area contributed by atoms with Crippen molar-refractivity contribution >= 4 is 20.9 Å². The summed E-state index contributed by atoms with van der Waals surface area (Å²) in [6, 6.07) is 7.79. The van der Waals surface area contributed by atoms with Gasteiger partial charge in [-0.05, 0) is 12.1 Å². The minimum absolute atomic E-state index is 0. The molecule has 1 rings (SSSR count). The Bertz CT molecular complexity index is 416. The Morgan fingerprint density at radius 1 is 1.20 bits per heavy atom. The molecule has 0 amide bonds. The maximum absolute atomic E-state index is 11.5. The van der Waals surface area contributed by atoms with E-state index in [-0.39, 0.29) is 46.0 Å². The van der Waals surface area contributed by atoms with Crippen LogP contribution in [0, 0.1) is 0 Å². The van der Waals surface area contributed by atoms with E-state index in [2.05, 4.69) is 0 Å². The Morgan fingerprint density at radius 2 is 1.73 bits per heavy atom. The molecule has 0 saturated heterocycles. The van der Waals surface area contributed by atoms with Crippen LogP contribution in [-0.2, 0) is 20.9 Å². The first kappa shape index (κ1) is 15.3. The second kappa shape index (κ2) is 6.78. The summed E-state index contributed by atoms with van der Waals surface area (Å²) in [4.78, 5) is 0.158. The minimum Gasteiger partial charge on any atom is -0.772 e. The molecule has 1 atom stereocenters. The monoisotopic (exact) mass is 256 g/mol. The quantitative estimate of drug-likeness (QED) is 0.435. The average molecular weight is 256 g/mol. The summed E-state index contributed by atoms with van der Waals surface area (Å²) in [6.07, 6.45) is 0. The molecule has 1 aromatic rings.